The van der Waals surface area contributed by atoms with Crippen molar-refractivity contribution in [2.24, 2.45) is 4.99 Å². The number of allylic oxidation sites excluding steroid dienone is 1. The number of benzene rings is 1. The van der Waals surface area contributed by atoms with Gasteiger partial charge < -0.3 is 21.8 Å². The van der Waals surface area contributed by atoms with Crippen molar-refractivity contribution in [3.05, 3.63) is 71.7 Å². The number of nitrogens with two attached hydrogens (primary N) is 1. The number of nitrogens with zero attached hydrogens (tertiary/aromatic N) is 2. The number of rotatable bonds is 7. The molecule has 1 aromatic carbocycles. The van der Waals surface area contributed by atoms with Crippen LogP contribution < -0.4 is 16.4 Å². The van der Waals surface area contributed by atoms with Crippen molar-refractivity contribution in [2.75, 3.05) is 18.1 Å². The summed E-state index contributed by atoms with van der Waals surface area (Å²) in [6.07, 6.45) is 4.46. The monoisotopic (exact) mass is 348 g/mol. The Morgan fingerprint density at radius 2 is 2.12 bits per heavy atom. The lowest BCUT2D eigenvalue weighted by molar-refractivity contribution is 0.0958. The maximum Gasteiger partial charge on any atom is 0.269 e. The van der Waals surface area contributed by atoms with Crippen LogP contribution in [0.15, 0.2) is 59.9 Å². The second-order valence-corrected chi connectivity index (χ2v) is 5.34. The van der Waals surface area contributed by atoms with Crippen LogP contribution in [0.3, 0.4) is 0 Å². The van der Waals surface area contributed by atoms with Crippen molar-refractivity contribution in [3.63, 3.8) is 0 Å². The number of amides is 1. The molecule has 0 radical (unpaired) electrons. The Labute approximate surface area is 151 Å². The number of carbonyl (C=O) groups excluding carboxylic acids is 1. The number of pyridine rings is 1. The molecule has 0 spiro atoms. The van der Waals surface area contributed by atoms with Gasteiger partial charge in [0.2, 0.25) is 0 Å². The minimum Gasteiger partial charge on any atom is -0.398 e. The summed E-state index contributed by atoms with van der Waals surface area (Å²) in [7, 11) is 1.55. The molecule has 0 aliphatic rings. The van der Waals surface area contributed by atoms with Gasteiger partial charge in [-0.15, -0.1) is 0 Å². The maximum atomic E-state index is 11.5. The van der Waals surface area contributed by atoms with Crippen molar-refractivity contribution >= 4 is 35.9 Å². The lowest BCUT2D eigenvalue weighted by Gasteiger charge is -2.09. The van der Waals surface area contributed by atoms with Crippen LogP contribution in [0.4, 0.5) is 11.4 Å². The first-order valence-corrected chi connectivity index (χ1v) is 7.71. The summed E-state index contributed by atoms with van der Waals surface area (Å²) in [6, 6.07) is 8.63. The van der Waals surface area contributed by atoms with Crippen molar-refractivity contribution in [3.8, 4) is 0 Å². The summed E-state index contributed by atoms with van der Waals surface area (Å²) in [4.78, 5) is 19.6. The summed E-state index contributed by atoms with van der Waals surface area (Å²) < 4.78 is 0. The molecule has 0 aliphatic heterocycles. The van der Waals surface area contributed by atoms with Crippen LogP contribution in [0, 0.1) is 5.41 Å². The number of aromatic nitrogens is 1. The Hall–Kier alpha value is -3.74. The van der Waals surface area contributed by atoms with E-state index < -0.39 is 0 Å². The third-order valence-corrected chi connectivity index (χ3v) is 3.55. The standard InChI is InChI=1S/C19H20N6O/c1-12(25-15-6-7-17(24-11-15)19(26)23-3)8-18(22-2)13-4-5-14(10-20)16(21)9-13/h4-11,20,25H,1-2,21H2,3H3,(H,23,26)/b18-8-,20-10?. The summed E-state index contributed by atoms with van der Waals surface area (Å²) in [5.74, 6) is -0.251. The van der Waals surface area contributed by atoms with E-state index >= 15 is 0 Å². The van der Waals surface area contributed by atoms with E-state index in [-0.39, 0.29) is 5.91 Å². The molecule has 0 saturated heterocycles. The maximum absolute atomic E-state index is 11.5. The summed E-state index contributed by atoms with van der Waals surface area (Å²) in [6.45, 7) is 7.52. The molecule has 26 heavy (non-hydrogen) atoms. The van der Waals surface area contributed by atoms with Crippen LogP contribution in [0.25, 0.3) is 5.70 Å². The van der Waals surface area contributed by atoms with E-state index in [4.69, 9.17) is 11.1 Å². The molecule has 2 rings (SSSR count). The topological polar surface area (TPSA) is 116 Å². The first-order valence-electron chi connectivity index (χ1n) is 7.71. The molecule has 0 fully saturated rings. The van der Waals surface area contributed by atoms with Crippen molar-refractivity contribution < 1.29 is 4.79 Å². The molecule has 132 valence electrons. The minimum absolute atomic E-state index is 0.251. The van der Waals surface area contributed by atoms with Gasteiger partial charge in [0.05, 0.1) is 17.6 Å². The minimum atomic E-state index is -0.251. The summed E-state index contributed by atoms with van der Waals surface area (Å²) >= 11 is 0. The number of hydrogen-bond donors (Lipinski definition) is 4. The molecular weight excluding hydrogens is 328 g/mol. The molecular formula is C19H20N6O. The zero-order chi connectivity index (χ0) is 19.1. The highest BCUT2D eigenvalue weighted by Crippen LogP contribution is 2.22. The van der Waals surface area contributed by atoms with E-state index in [9.17, 15) is 4.79 Å². The van der Waals surface area contributed by atoms with Gasteiger partial charge in [0.15, 0.2) is 0 Å². The van der Waals surface area contributed by atoms with Crippen molar-refractivity contribution in [2.45, 2.75) is 0 Å². The molecule has 7 nitrogen and oxygen atoms in total. The van der Waals surface area contributed by atoms with Gasteiger partial charge in [-0.1, -0.05) is 18.7 Å². The number of nitrogens with one attached hydrogen (secondary N) is 3. The largest absolute Gasteiger partial charge is 0.398 e. The normalized spacial score (nSPS) is 10.7. The number of nitrogen functional groups attached to an aromatic ring is 1. The van der Waals surface area contributed by atoms with Gasteiger partial charge in [0.1, 0.15) is 5.69 Å². The van der Waals surface area contributed by atoms with Gasteiger partial charge in [0.25, 0.3) is 5.91 Å². The zero-order valence-electron chi connectivity index (χ0n) is 14.4. The second kappa shape index (κ2) is 8.39. The third kappa shape index (κ3) is 4.41. The van der Waals surface area contributed by atoms with Crippen molar-refractivity contribution in [1.82, 2.24) is 10.3 Å². The van der Waals surface area contributed by atoms with Crippen LogP contribution in [0.1, 0.15) is 21.6 Å². The molecule has 1 heterocycles. The van der Waals surface area contributed by atoms with E-state index in [1.54, 1.807) is 43.6 Å². The summed E-state index contributed by atoms with van der Waals surface area (Å²) in [5.41, 5.74) is 9.95. The van der Waals surface area contributed by atoms with E-state index in [0.717, 1.165) is 5.56 Å². The van der Waals surface area contributed by atoms with E-state index in [2.05, 4.69) is 33.9 Å². The Bertz CT molecular complexity index is 883. The fraction of sp³-hybridized carbons (Fsp3) is 0.0526. The average Bonchev–Trinajstić information content (AvgIpc) is 2.66. The van der Waals surface area contributed by atoms with Gasteiger partial charge in [0, 0.05) is 35.8 Å². The molecule has 0 bridgehead atoms. The third-order valence-electron chi connectivity index (χ3n) is 3.55. The predicted molar refractivity (Wildman–Crippen MR) is 107 cm³/mol. The van der Waals surface area contributed by atoms with Gasteiger partial charge in [-0.05, 0) is 31.0 Å². The number of hydrogen-bond acceptors (Lipinski definition) is 6. The van der Waals surface area contributed by atoms with Gasteiger partial charge in [-0.2, -0.15) is 0 Å². The van der Waals surface area contributed by atoms with E-state index in [1.807, 2.05) is 6.07 Å². The highest BCUT2D eigenvalue weighted by molar-refractivity contribution is 5.92. The van der Waals surface area contributed by atoms with Crippen LogP contribution in [-0.4, -0.2) is 30.9 Å². The predicted octanol–water partition coefficient (Wildman–Crippen LogP) is 2.69. The molecule has 0 unspecified atom stereocenters. The molecule has 5 N–H and O–H groups in total. The Kier molecular flexibility index (Phi) is 6.00. The summed E-state index contributed by atoms with van der Waals surface area (Å²) in [5, 5.41) is 12.9. The molecule has 2 aromatic rings. The fourth-order valence-corrected chi connectivity index (χ4v) is 2.20. The Morgan fingerprint density at radius 3 is 2.65 bits per heavy atom. The second-order valence-electron chi connectivity index (χ2n) is 5.34. The first kappa shape index (κ1) is 18.6. The molecule has 0 aliphatic carbocycles. The first-order chi connectivity index (χ1) is 12.5. The highest BCUT2D eigenvalue weighted by Gasteiger charge is 2.06. The van der Waals surface area contributed by atoms with E-state index in [0.29, 0.717) is 34.0 Å². The zero-order valence-corrected chi connectivity index (χ0v) is 14.4. The van der Waals surface area contributed by atoms with Crippen molar-refractivity contribution in [1.29, 1.82) is 5.41 Å². The molecule has 0 atom stereocenters. The van der Waals surface area contributed by atoms with Crippen LogP contribution in [0.5, 0.6) is 0 Å². The average molecular weight is 348 g/mol. The number of anilines is 2. The molecule has 7 heteroatoms. The van der Waals surface area contributed by atoms with Gasteiger partial charge in [-0.3, -0.25) is 9.79 Å². The van der Waals surface area contributed by atoms with Crippen LogP contribution >= 0.6 is 0 Å². The van der Waals surface area contributed by atoms with Crippen LogP contribution in [0.2, 0.25) is 0 Å². The Morgan fingerprint density at radius 1 is 1.35 bits per heavy atom. The Balaban J connectivity index is 2.17. The lowest BCUT2D eigenvalue weighted by atomic mass is 10.1. The highest BCUT2D eigenvalue weighted by atomic mass is 16.1. The van der Waals surface area contributed by atoms with E-state index in [1.165, 1.54) is 6.21 Å². The molecule has 1 aromatic heterocycles. The quantitative estimate of drug-likeness (QED) is 0.350. The number of aliphatic imine (C=N–C) groups is 1. The van der Waals surface area contributed by atoms with Gasteiger partial charge >= 0.3 is 0 Å². The van der Waals surface area contributed by atoms with Crippen LogP contribution in [-0.2, 0) is 0 Å². The fourth-order valence-electron chi connectivity index (χ4n) is 2.20. The molecule has 0 saturated carbocycles. The van der Waals surface area contributed by atoms with Gasteiger partial charge in [-0.25, -0.2) is 4.98 Å². The smallest absolute Gasteiger partial charge is 0.269 e. The number of carbonyl (C=O) groups is 1. The lowest BCUT2D eigenvalue weighted by Crippen LogP contribution is -2.19. The molecule has 1 amide bonds. The SMILES string of the molecule is C=N/C(=C\C(=C)Nc1ccc(C(=O)NC)nc1)c1ccc(C=N)c(N)c1.